The number of nitrogens with one attached hydrogen (secondary N) is 1. The highest BCUT2D eigenvalue weighted by Gasteiger charge is 2.31. The first-order valence-electron chi connectivity index (χ1n) is 12.7. The van der Waals surface area contributed by atoms with Crippen molar-refractivity contribution in [3.8, 4) is 17.9 Å². The summed E-state index contributed by atoms with van der Waals surface area (Å²) in [6, 6.07) is 12.1. The Morgan fingerprint density at radius 2 is 1.89 bits per heavy atom. The molecule has 1 atom stereocenters. The molecule has 0 radical (unpaired) electrons. The van der Waals surface area contributed by atoms with Gasteiger partial charge in [-0.3, -0.25) is 0 Å². The molecule has 0 amide bonds. The summed E-state index contributed by atoms with van der Waals surface area (Å²) in [6.45, 7) is 3.96. The Morgan fingerprint density at radius 3 is 2.55 bits per heavy atom. The van der Waals surface area contributed by atoms with Crippen molar-refractivity contribution in [2.24, 2.45) is 0 Å². The lowest BCUT2D eigenvalue weighted by Gasteiger charge is -2.42. The first-order valence-corrected chi connectivity index (χ1v) is 12.7. The maximum Gasteiger partial charge on any atom is 0.225 e. The summed E-state index contributed by atoms with van der Waals surface area (Å²) >= 11 is 0. The number of H-pyrrole nitrogens is 1. The minimum atomic E-state index is -0.564. The van der Waals surface area contributed by atoms with Gasteiger partial charge in [0.1, 0.15) is 18.4 Å². The fourth-order valence-electron chi connectivity index (χ4n) is 4.87. The van der Waals surface area contributed by atoms with E-state index in [4.69, 9.17) is 10.00 Å². The van der Waals surface area contributed by atoms with Gasteiger partial charge in [-0.2, -0.15) is 10.5 Å². The molecule has 0 saturated carbocycles. The van der Waals surface area contributed by atoms with Gasteiger partial charge in [0.05, 0.1) is 17.7 Å². The van der Waals surface area contributed by atoms with Crippen LogP contribution in [0.15, 0.2) is 66.7 Å². The first kappa shape index (κ1) is 25.0. The smallest absolute Gasteiger partial charge is 0.225 e. The Balaban J connectivity index is 1.30. The first-order chi connectivity index (χ1) is 18.6. The molecular weight excluding hydrogens is 481 g/mol. The molecule has 38 heavy (non-hydrogen) atoms. The molecule has 2 aromatic heterocycles. The molecule has 1 aromatic carbocycles. The van der Waals surface area contributed by atoms with Crippen LogP contribution in [0.5, 0.6) is 5.75 Å². The molecule has 2 aliphatic heterocycles. The summed E-state index contributed by atoms with van der Waals surface area (Å²) in [5.41, 5.74) is 3.68. The van der Waals surface area contributed by atoms with Crippen LogP contribution in [0.1, 0.15) is 48.3 Å². The molecule has 0 aliphatic carbocycles. The van der Waals surface area contributed by atoms with Gasteiger partial charge in [-0.1, -0.05) is 6.92 Å². The van der Waals surface area contributed by atoms with Crippen LogP contribution in [0, 0.1) is 28.5 Å². The quantitative estimate of drug-likeness (QED) is 0.488. The Hall–Kier alpha value is -4.63. The zero-order chi connectivity index (χ0) is 26.5. The number of nitrogens with zero attached hydrogens (tertiary/aromatic N) is 6. The van der Waals surface area contributed by atoms with Gasteiger partial charge in [-0.25, -0.2) is 14.4 Å². The molecular formula is C29H28FN7O. The number of aromatic nitrogens is 3. The van der Waals surface area contributed by atoms with E-state index in [0.717, 1.165) is 55.1 Å². The predicted octanol–water partition coefficient (Wildman–Crippen LogP) is 4.79. The Morgan fingerprint density at radius 1 is 1.11 bits per heavy atom. The molecule has 4 heterocycles. The summed E-state index contributed by atoms with van der Waals surface area (Å²) < 4.78 is 20.0. The van der Waals surface area contributed by atoms with E-state index in [-0.39, 0.29) is 30.0 Å². The molecule has 1 unspecified atom stereocenters. The summed E-state index contributed by atoms with van der Waals surface area (Å²) in [7, 11) is 0. The second-order valence-corrected chi connectivity index (χ2v) is 9.40. The zero-order valence-corrected chi connectivity index (χ0v) is 21.1. The normalized spacial score (nSPS) is 17.6. The number of benzene rings is 1. The third-order valence-electron chi connectivity index (χ3n) is 7.03. The fourth-order valence-corrected chi connectivity index (χ4v) is 4.87. The van der Waals surface area contributed by atoms with Crippen LogP contribution < -0.4 is 9.64 Å². The van der Waals surface area contributed by atoms with Gasteiger partial charge >= 0.3 is 0 Å². The summed E-state index contributed by atoms with van der Waals surface area (Å²) in [5.74, 6) is 0.306. The Bertz CT molecular complexity index is 1420. The lowest BCUT2D eigenvalue weighted by Crippen LogP contribution is -2.45. The summed E-state index contributed by atoms with van der Waals surface area (Å²) in [6.07, 6.45) is 12.7. The Kier molecular flexibility index (Phi) is 7.37. The minimum Gasteiger partial charge on any atom is -0.486 e. The van der Waals surface area contributed by atoms with Gasteiger partial charge in [0, 0.05) is 43.4 Å². The lowest BCUT2D eigenvalue weighted by atomic mass is 9.97. The molecule has 0 spiro atoms. The van der Waals surface area contributed by atoms with E-state index >= 15 is 0 Å². The Labute approximate surface area is 221 Å². The number of piperidine rings is 1. The van der Waals surface area contributed by atoms with Crippen LogP contribution >= 0.6 is 0 Å². The molecule has 9 heteroatoms. The zero-order valence-electron chi connectivity index (χ0n) is 21.1. The molecule has 192 valence electrons. The average molecular weight is 510 g/mol. The van der Waals surface area contributed by atoms with Gasteiger partial charge in [0.25, 0.3) is 0 Å². The highest BCUT2D eigenvalue weighted by Crippen LogP contribution is 2.33. The second kappa shape index (κ2) is 11.2. The number of nitriles is 2. The van der Waals surface area contributed by atoms with Crippen molar-refractivity contribution in [1.82, 2.24) is 19.9 Å². The number of aryl methyl sites for hydroxylation is 1. The average Bonchev–Trinajstić information content (AvgIpc) is 3.46. The monoisotopic (exact) mass is 509 g/mol. The van der Waals surface area contributed by atoms with Crippen molar-refractivity contribution < 1.29 is 9.13 Å². The number of aromatic amines is 1. The molecule has 3 aromatic rings. The standard InChI is InChI=1S/C29H28FN7O/c1-2-20-17-33-29(34-18-20)36-10-8-24(9-11-36)37-12-7-22(14-27(37)26-5-4-23(16-32)35-26)19-38-28-6-3-21(15-31)13-25(28)30/h3-7,12-14,17-18,24,27,35H,2,8-11,19H2,1H3. The van der Waals surface area contributed by atoms with Crippen LogP contribution in [0.4, 0.5) is 10.3 Å². The molecule has 5 rings (SSSR count). The number of halogens is 1. The van der Waals surface area contributed by atoms with Crippen LogP contribution in [0.25, 0.3) is 0 Å². The van der Waals surface area contributed by atoms with Crippen molar-refractivity contribution in [3.63, 3.8) is 0 Å². The summed E-state index contributed by atoms with van der Waals surface area (Å²) in [5, 5.41) is 18.3. The van der Waals surface area contributed by atoms with Crippen molar-refractivity contribution in [2.75, 3.05) is 24.6 Å². The number of ether oxygens (including phenoxy) is 1. The third kappa shape index (κ3) is 5.37. The van der Waals surface area contributed by atoms with Gasteiger partial charge in [0.15, 0.2) is 11.6 Å². The van der Waals surface area contributed by atoms with Crippen molar-refractivity contribution >= 4 is 5.95 Å². The van der Waals surface area contributed by atoms with Gasteiger partial charge < -0.3 is 19.5 Å². The van der Waals surface area contributed by atoms with E-state index in [1.165, 1.54) is 18.2 Å². The lowest BCUT2D eigenvalue weighted by molar-refractivity contribution is 0.195. The topological polar surface area (TPSA) is 105 Å². The van der Waals surface area contributed by atoms with E-state index in [2.05, 4.69) is 50.0 Å². The van der Waals surface area contributed by atoms with E-state index in [1.807, 2.05) is 30.6 Å². The SMILES string of the molecule is CCc1cnc(N2CCC(N3C=CC(COc4ccc(C#N)cc4F)=CC3c3ccc(C#N)[nH]3)CC2)nc1. The van der Waals surface area contributed by atoms with Crippen LogP contribution in [0.2, 0.25) is 0 Å². The van der Waals surface area contributed by atoms with Crippen molar-refractivity contribution in [2.45, 2.75) is 38.3 Å². The highest BCUT2D eigenvalue weighted by atomic mass is 19.1. The molecule has 1 N–H and O–H groups in total. The maximum atomic E-state index is 14.3. The second-order valence-electron chi connectivity index (χ2n) is 9.40. The van der Waals surface area contributed by atoms with E-state index in [1.54, 1.807) is 6.07 Å². The van der Waals surface area contributed by atoms with Gasteiger partial charge in [-0.15, -0.1) is 0 Å². The number of anilines is 1. The molecule has 0 bridgehead atoms. The van der Waals surface area contributed by atoms with Gasteiger partial charge in [0.2, 0.25) is 5.95 Å². The number of rotatable bonds is 7. The van der Waals surface area contributed by atoms with E-state index < -0.39 is 5.82 Å². The molecule has 2 aliphatic rings. The van der Waals surface area contributed by atoms with E-state index in [0.29, 0.717) is 5.69 Å². The number of hydrogen-bond acceptors (Lipinski definition) is 7. The molecule has 1 fully saturated rings. The highest BCUT2D eigenvalue weighted by molar-refractivity contribution is 5.38. The maximum absolute atomic E-state index is 14.3. The minimum absolute atomic E-state index is 0.102. The van der Waals surface area contributed by atoms with Crippen molar-refractivity contribution in [3.05, 3.63) is 95.0 Å². The number of hydrogen-bond donors (Lipinski definition) is 1. The van der Waals surface area contributed by atoms with Crippen LogP contribution in [0.3, 0.4) is 0 Å². The predicted molar refractivity (Wildman–Crippen MR) is 141 cm³/mol. The third-order valence-corrected chi connectivity index (χ3v) is 7.03. The van der Waals surface area contributed by atoms with Crippen LogP contribution in [-0.4, -0.2) is 45.6 Å². The largest absolute Gasteiger partial charge is 0.486 e. The van der Waals surface area contributed by atoms with E-state index in [9.17, 15) is 9.65 Å². The van der Waals surface area contributed by atoms with Crippen molar-refractivity contribution in [1.29, 1.82) is 10.5 Å². The fraction of sp³-hybridized carbons (Fsp3) is 0.310. The summed E-state index contributed by atoms with van der Waals surface area (Å²) in [4.78, 5) is 16.8. The van der Waals surface area contributed by atoms with Crippen LogP contribution in [-0.2, 0) is 6.42 Å². The van der Waals surface area contributed by atoms with Gasteiger partial charge in [-0.05, 0) is 72.9 Å². The molecule has 1 saturated heterocycles. The molecule has 8 nitrogen and oxygen atoms in total.